The Hall–Kier alpha value is -3.89. The molecule has 0 aliphatic carbocycles. The average molecular weight is 455 g/mol. The van der Waals surface area contributed by atoms with E-state index in [0.717, 1.165) is 38.6 Å². The van der Waals surface area contributed by atoms with Gasteiger partial charge in [-0.15, -0.1) is 11.3 Å². The van der Waals surface area contributed by atoms with Gasteiger partial charge < -0.3 is 9.67 Å². The van der Waals surface area contributed by atoms with Gasteiger partial charge in [0.25, 0.3) is 0 Å². The van der Waals surface area contributed by atoms with Crippen LogP contribution in [0.4, 0.5) is 0 Å². The van der Waals surface area contributed by atoms with Crippen LogP contribution in [-0.4, -0.2) is 25.8 Å². The minimum atomic E-state index is -0.953. The lowest BCUT2D eigenvalue weighted by Crippen LogP contribution is -2.22. The first-order chi connectivity index (χ1) is 15.9. The van der Waals surface area contributed by atoms with E-state index in [0.29, 0.717) is 13.0 Å². The summed E-state index contributed by atoms with van der Waals surface area (Å²) in [6.07, 6.45) is 2.17. The Morgan fingerprint density at radius 2 is 2.03 bits per heavy atom. The van der Waals surface area contributed by atoms with Crippen molar-refractivity contribution < 1.29 is 9.90 Å². The number of nitriles is 1. The molecule has 6 nitrogen and oxygen atoms in total. The van der Waals surface area contributed by atoms with E-state index in [1.807, 2.05) is 24.4 Å². The van der Waals surface area contributed by atoms with Crippen LogP contribution < -0.4 is 0 Å². The van der Waals surface area contributed by atoms with Gasteiger partial charge in [0.2, 0.25) is 0 Å². The van der Waals surface area contributed by atoms with Crippen LogP contribution in [-0.2, 0) is 12.0 Å². The van der Waals surface area contributed by atoms with Crippen LogP contribution >= 0.6 is 11.3 Å². The van der Waals surface area contributed by atoms with E-state index in [-0.39, 0.29) is 5.56 Å². The number of H-pyrrole nitrogens is 1. The van der Waals surface area contributed by atoms with E-state index in [2.05, 4.69) is 58.3 Å². The van der Waals surface area contributed by atoms with Gasteiger partial charge in [0, 0.05) is 38.7 Å². The van der Waals surface area contributed by atoms with Gasteiger partial charge in [-0.2, -0.15) is 10.4 Å². The van der Waals surface area contributed by atoms with E-state index in [1.165, 1.54) is 4.88 Å². The molecule has 0 radical (unpaired) electrons. The fourth-order valence-electron chi connectivity index (χ4n) is 4.57. The molecule has 0 spiro atoms. The Bertz CT molecular complexity index is 1520. The molecule has 164 valence electrons. The number of carboxylic acid groups (broad SMARTS) is 1. The molecule has 0 atom stereocenters. The Kier molecular flexibility index (Phi) is 5.03. The van der Waals surface area contributed by atoms with E-state index in [9.17, 15) is 15.2 Å². The van der Waals surface area contributed by atoms with Crippen molar-refractivity contribution in [1.29, 1.82) is 5.26 Å². The highest BCUT2D eigenvalue weighted by atomic mass is 32.1. The third kappa shape index (κ3) is 3.59. The topological polar surface area (TPSA) is 94.7 Å². The smallest absolute Gasteiger partial charge is 0.335 e. The van der Waals surface area contributed by atoms with Crippen molar-refractivity contribution in [3.8, 4) is 17.2 Å². The summed E-state index contributed by atoms with van der Waals surface area (Å²) in [5, 5.41) is 30.4. The zero-order chi connectivity index (χ0) is 23.2. The Morgan fingerprint density at radius 3 is 2.70 bits per heavy atom. The quantitative estimate of drug-likeness (QED) is 0.320. The second-order valence-electron chi connectivity index (χ2n) is 8.82. The highest BCUT2D eigenvalue weighted by Gasteiger charge is 2.31. The van der Waals surface area contributed by atoms with Crippen LogP contribution in [0.1, 0.15) is 41.2 Å². The molecule has 0 amide bonds. The van der Waals surface area contributed by atoms with Crippen molar-refractivity contribution in [2.75, 3.05) is 0 Å². The lowest BCUT2D eigenvalue weighted by Gasteiger charge is -2.26. The standard InChI is InChI=1S/C26H22N4O2S/c1-26(2,9-10-27)24-23(16-5-7-17(8-6-16)25(31)32)20-13-21-18(14-28-29-21)12-22(20)30(24)15-19-4-3-11-33-19/h3-8,11-14H,9,15H2,1-2H3,(H,28,29)(H,31,32). The van der Waals surface area contributed by atoms with Gasteiger partial charge in [-0.1, -0.05) is 32.0 Å². The summed E-state index contributed by atoms with van der Waals surface area (Å²) in [5.41, 5.74) is 4.83. The number of aromatic carboxylic acids is 1. The molecule has 0 bridgehead atoms. The molecule has 0 aliphatic rings. The first-order valence-electron chi connectivity index (χ1n) is 10.6. The van der Waals surface area contributed by atoms with Crippen LogP contribution in [0.15, 0.2) is 60.1 Å². The van der Waals surface area contributed by atoms with Gasteiger partial charge in [-0.25, -0.2) is 4.79 Å². The molecule has 0 unspecified atom stereocenters. The van der Waals surface area contributed by atoms with Crippen LogP contribution in [0.25, 0.3) is 32.9 Å². The Balaban J connectivity index is 1.88. The predicted molar refractivity (Wildman–Crippen MR) is 131 cm³/mol. The fraction of sp³-hybridized carbons (Fsp3) is 0.192. The maximum atomic E-state index is 11.4. The molecule has 0 aliphatic heterocycles. The van der Waals surface area contributed by atoms with Gasteiger partial charge in [0.1, 0.15) is 0 Å². The zero-order valence-electron chi connectivity index (χ0n) is 18.3. The van der Waals surface area contributed by atoms with Crippen molar-refractivity contribution in [3.05, 3.63) is 76.2 Å². The maximum Gasteiger partial charge on any atom is 0.335 e. The molecule has 5 rings (SSSR count). The number of benzene rings is 2. The summed E-state index contributed by atoms with van der Waals surface area (Å²) in [7, 11) is 0. The van der Waals surface area contributed by atoms with Gasteiger partial charge in [-0.05, 0) is 41.3 Å². The summed E-state index contributed by atoms with van der Waals surface area (Å²) in [4.78, 5) is 12.6. The number of carboxylic acids is 1. The maximum absolute atomic E-state index is 11.4. The number of hydrogen-bond acceptors (Lipinski definition) is 4. The van der Waals surface area contributed by atoms with Crippen LogP contribution in [0, 0.1) is 11.3 Å². The molecule has 2 aromatic carbocycles. The number of carbonyl (C=O) groups is 1. The Morgan fingerprint density at radius 1 is 1.24 bits per heavy atom. The number of aromatic nitrogens is 3. The largest absolute Gasteiger partial charge is 0.478 e. The van der Waals surface area contributed by atoms with Gasteiger partial charge in [0.15, 0.2) is 0 Å². The number of hydrogen-bond donors (Lipinski definition) is 2. The monoisotopic (exact) mass is 454 g/mol. The second kappa shape index (κ2) is 7.91. The highest BCUT2D eigenvalue weighted by Crippen LogP contribution is 2.44. The summed E-state index contributed by atoms with van der Waals surface area (Å²) in [6.45, 7) is 4.88. The number of nitrogens with one attached hydrogen (secondary N) is 1. The first-order valence-corrected chi connectivity index (χ1v) is 11.5. The predicted octanol–water partition coefficient (Wildman–Crippen LogP) is 6.18. The summed E-state index contributed by atoms with van der Waals surface area (Å²) in [5.74, 6) is -0.953. The normalized spacial score (nSPS) is 11.8. The minimum absolute atomic E-state index is 0.245. The average Bonchev–Trinajstić information content (AvgIpc) is 3.52. The Labute approximate surface area is 194 Å². The first kappa shape index (κ1) is 21.0. The van der Waals surface area contributed by atoms with E-state index in [4.69, 9.17) is 0 Å². The third-order valence-electron chi connectivity index (χ3n) is 6.10. The van der Waals surface area contributed by atoms with E-state index < -0.39 is 11.4 Å². The van der Waals surface area contributed by atoms with Crippen LogP contribution in [0.3, 0.4) is 0 Å². The van der Waals surface area contributed by atoms with E-state index >= 15 is 0 Å². The number of aromatic amines is 1. The molecule has 3 aromatic heterocycles. The highest BCUT2D eigenvalue weighted by molar-refractivity contribution is 7.09. The lowest BCUT2D eigenvalue weighted by atomic mass is 9.82. The summed E-state index contributed by atoms with van der Waals surface area (Å²) in [6, 6.07) is 17.8. The minimum Gasteiger partial charge on any atom is -0.478 e. The van der Waals surface area contributed by atoms with Gasteiger partial charge >= 0.3 is 5.97 Å². The van der Waals surface area contributed by atoms with E-state index in [1.54, 1.807) is 23.5 Å². The van der Waals surface area contributed by atoms with Crippen molar-refractivity contribution in [2.45, 2.75) is 32.2 Å². The summed E-state index contributed by atoms with van der Waals surface area (Å²) < 4.78 is 2.31. The molecular formula is C26H22N4O2S. The molecule has 2 N–H and O–H groups in total. The number of rotatable bonds is 6. The number of nitrogens with zero attached hydrogens (tertiary/aromatic N) is 3. The van der Waals surface area contributed by atoms with Crippen LogP contribution in [0.5, 0.6) is 0 Å². The van der Waals surface area contributed by atoms with Crippen LogP contribution in [0.2, 0.25) is 0 Å². The van der Waals surface area contributed by atoms with Crippen molar-refractivity contribution >= 4 is 39.1 Å². The molecule has 7 heteroatoms. The van der Waals surface area contributed by atoms with Crippen molar-refractivity contribution in [2.24, 2.45) is 0 Å². The molecule has 0 fully saturated rings. The fourth-order valence-corrected chi connectivity index (χ4v) is 5.26. The number of thiophene rings is 1. The molecule has 0 saturated carbocycles. The van der Waals surface area contributed by atoms with Gasteiger partial charge in [-0.3, -0.25) is 5.10 Å². The second-order valence-corrected chi connectivity index (χ2v) is 9.85. The lowest BCUT2D eigenvalue weighted by molar-refractivity contribution is 0.0697. The van der Waals surface area contributed by atoms with Crippen molar-refractivity contribution in [3.63, 3.8) is 0 Å². The summed E-state index contributed by atoms with van der Waals surface area (Å²) >= 11 is 1.70. The molecule has 33 heavy (non-hydrogen) atoms. The number of fused-ring (bicyclic) bond motifs is 2. The molecule has 0 saturated heterocycles. The third-order valence-corrected chi connectivity index (χ3v) is 6.96. The SMILES string of the molecule is CC(C)(CC#N)c1c(-c2ccc(C(=O)O)cc2)c2cc3[nH]ncc3cc2n1Cc1cccs1. The molecule has 5 aromatic rings. The molecule has 3 heterocycles. The van der Waals surface area contributed by atoms with Gasteiger partial charge in [0.05, 0.1) is 35.4 Å². The zero-order valence-corrected chi connectivity index (χ0v) is 19.1. The molecular weight excluding hydrogens is 432 g/mol. The van der Waals surface area contributed by atoms with Crippen molar-refractivity contribution in [1.82, 2.24) is 14.8 Å².